The number of hydrogen-bond acceptors (Lipinski definition) is 1. The number of nitrogens with one attached hydrogen (secondary N) is 1. The summed E-state index contributed by atoms with van der Waals surface area (Å²) in [5, 5.41) is 2.61. The second-order valence-electron chi connectivity index (χ2n) is 3.94. The Morgan fingerprint density at radius 2 is 1.89 bits per heavy atom. The number of halogens is 3. The molecule has 0 spiro atoms. The van der Waals surface area contributed by atoms with E-state index in [1.54, 1.807) is 12.1 Å². The fourth-order valence-electron chi connectivity index (χ4n) is 1.60. The molecule has 2 rings (SSSR count). The first-order valence-corrected chi connectivity index (χ1v) is 5.92. The van der Waals surface area contributed by atoms with E-state index in [9.17, 15) is 13.6 Å². The number of anilines is 1. The minimum Gasteiger partial charge on any atom is -0.324 e. The molecule has 0 saturated carbocycles. The molecule has 0 fully saturated rings. The van der Waals surface area contributed by atoms with Gasteiger partial charge in [0.25, 0.3) is 0 Å². The first-order valence-electron chi connectivity index (χ1n) is 5.54. The van der Waals surface area contributed by atoms with Crippen molar-refractivity contribution in [3.63, 3.8) is 0 Å². The van der Waals surface area contributed by atoms with Gasteiger partial charge in [-0.1, -0.05) is 29.8 Å². The molecule has 19 heavy (non-hydrogen) atoms. The van der Waals surface area contributed by atoms with Gasteiger partial charge in [0.1, 0.15) is 11.6 Å². The van der Waals surface area contributed by atoms with Gasteiger partial charge in [-0.2, -0.15) is 0 Å². The maximum Gasteiger partial charge on any atom is 0.228 e. The summed E-state index contributed by atoms with van der Waals surface area (Å²) in [6.07, 6.45) is -0.111. The highest BCUT2D eigenvalue weighted by molar-refractivity contribution is 6.33. The smallest absolute Gasteiger partial charge is 0.228 e. The highest BCUT2D eigenvalue weighted by Crippen LogP contribution is 2.22. The molecule has 0 atom stereocenters. The third kappa shape index (κ3) is 3.51. The quantitative estimate of drug-likeness (QED) is 0.911. The van der Waals surface area contributed by atoms with Crippen molar-refractivity contribution in [1.29, 1.82) is 0 Å². The van der Waals surface area contributed by atoms with Crippen LogP contribution in [0.5, 0.6) is 0 Å². The Labute approximate surface area is 114 Å². The Morgan fingerprint density at radius 1 is 1.16 bits per heavy atom. The fourth-order valence-corrected chi connectivity index (χ4v) is 1.81. The maximum atomic E-state index is 13.4. The number of carbonyl (C=O) groups excluding carboxylic acids is 1. The Morgan fingerprint density at radius 3 is 2.58 bits per heavy atom. The molecule has 0 radical (unpaired) electrons. The van der Waals surface area contributed by atoms with Gasteiger partial charge >= 0.3 is 0 Å². The molecule has 0 aliphatic carbocycles. The van der Waals surface area contributed by atoms with Crippen LogP contribution in [0, 0.1) is 11.6 Å². The Bertz CT molecular complexity index is 616. The van der Waals surface area contributed by atoms with E-state index >= 15 is 0 Å². The SMILES string of the molecule is O=C(Cc1ccccc1F)Nc1ccc(F)cc1Cl. The van der Waals surface area contributed by atoms with Gasteiger partial charge in [0.15, 0.2) is 0 Å². The summed E-state index contributed by atoms with van der Waals surface area (Å²) in [4.78, 5) is 11.7. The summed E-state index contributed by atoms with van der Waals surface area (Å²) in [7, 11) is 0. The number of carbonyl (C=O) groups is 1. The third-order valence-electron chi connectivity index (χ3n) is 2.51. The zero-order chi connectivity index (χ0) is 13.8. The molecule has 2 aromatic carbocycles. The molecule has 0 saturated heterocycles. The lowest BCUT2D eigenvalue weighted by Crippen LogP contribution is -2.15. The molecule has 2 nitrogen and oxygen atoms in total. The van der Waals surface area contributed by atoms with Gasteiger partial charge in [-0.05, 0) is 29.8 Å². The van der Waals surface area contributed by atoms with Crippen LogP contribution in [-0.4, -0.2) is 5.91 Å². The topological polar surface area (TPSA) is 29.1 Å². The molecule has 0 aromatic heterocycles. The predicted molar refractivity (Wildman–Crippen MR) is 70.1 cm³/mol. The van der Waals surface area contributed by atoms with Gasteiger partial charge in [-0.25, -0.2) is 8.78 Å². The van der Waals surface area contributed by atoms with Crippen LogP contribution in [0.2, 0.25) is 5.02 Å². The molecule has 1 amide bonds. The number of hydrogen-bond donors (Lipinski definition) is 1. The molecular weight excluding hydrogens is 272 g/mol. The van der Waals surface area contributed by atoms with Crippen LogP contribution in [-0.2, 0) is 11.2 Å². The van der Waals surface area contributed by atoms with Crippen molar-refractivity contribution in [2.45, 2.75) is 6.42 Å². The summed E-state index contributed by atoms with van der Waals surface area (Å²) in [5.74, 6) is -1.35. The van der Waals surface area contributed by atoms with Gasteiger partial charge in [-0.3, -0.25) is 4.79 Å². The molecule has 98 valence electrons. The van der Waals surface area contributed by atoms with E-state index in [-0.39, 0.29) is 11.4 Å². The summed E-state index contributed by atoms with van der Waals surface area (Å²) < 4.78 is 26.2. The summed E-state index contributed by atoms with van der Waals surface area (Å²) in [6.45, 7) is 0. The molecule has 1 N–H and O–H groups in total. The van der Waals surface area contributed by atoms with Crippen LogP contribution in [0.3, 0.4) is 0 Å². The summed E-state index contributed by atoms with van der Waals surface area (Å²) in [5.41, 5.74) is 0.586. The maximum absolute atomic E-state index is 13.4. The van der Waals surface area contributed by atoms with E-state index in [1.807, 2.05) is 0 Å². The zero-order valence-electron chi connectivity index (χ0n) is 9.79. The van der Waals surface area contributed by atoms with Crippen LogP contribution >= 0.6 is 11.6 Å². The second-order valence-corrected chi connectivity index (χ2v) is 4.35. The van der Waals surface area contributed by atoms with E-state index in [2.05, 4.69) is 5.32 Å². The molecule has 5 heteroatoms. The molecule has 0 heterocycles. The van der Waals surface area contributed by atoms with Crippen LogP contribution in [0.1, 0.15) is 5.56 Å². The second kappa shape index (κ2) is 5.80. The third-order valence-corrected chi connectivity index (χ3v) is 2.83. The molecular formula is C14H10ClF2NO. The predicted octanol–water partition coefficient (Wildman–Crippen LogP) is 3.80. The fraction of sp³-hybridized carbons (Fsp3) is 0.0714. The highest BCUT2D eigenvalue weighted by atomic mass is 35.5. The standard InChI is InChI=1S/C14H10ClF2NO/c15-11-8-10(16)5-6-13(11)18-14(19)7-9-3-1-2-4-12(9)17/h1-6,8H,7H2,(H,18,19). The lowest BCUT2D eigenvalue weighted by Gasteiger charge is -2.07. The number of benzene rings is 2. The lowest BCUT2D eigenvalue weighted by molar-refractivity contribution is -0.115. The van der Waals surface area contributed by atoms with Crippen molar-refractivity contribution in [2.75, 3.05) is 5.32 Å². The van der Waals surface area contributed by atoms with Crippen LogP contribution in [0.15, 0.2) is 42.5 Å². The minimum absolute atomic E-state index is 0.0990. The summed E-state index contributed by atoms with van der Waals surface area (Å²) in [6, 6.07) is 9.65. The molecule has 2 aromatic rings. The van der Waals surface area contributed by atoms with Gasteiger partial charge in [0.2, 0.25) is 5.91 Å². The van der Waals surface area contributed by atoms with E-state index in [0.29, 0.717) is 11.3 Å². The van der Waals surface area contributed by atoms with Crippen molar-refractivity contribution in [1.82, 2.24) is 0 Å². The highest BCUT2D eigenvalue weighted by Gasteiger charge is 2.10. The first-order chi connectivity index (χ1) is 9.06. The lowest BCUT2D eigenvalue weighted by atomic mass is 10.1. The monoisotopic (exact) mass is 281 g/mol. The molecule has 0 aliphatic rings. The van der Waals surface area contributed by atoms with Crippen LogP contribution in [0.25, 0.3) is 0 Å². The van der Waals surface area contributed by atoms with Crippen molar-refractivity contribution in [3.05, 3.63) is 64.7 Å². The van der Waals surface area contributed by atoms with Crippen LogP contribution in [0.4, 0.5) is 14.5 Å². The van der Waals surface area contributed by atoms with Gasteiger partial charge in [0.05, 0.1) is 17.1 Å². The molecule has 0 aliphatic heterocycles. The minimum atomic E-state index is -0.489. The van der Waals surface area contributed by atoms with Crippen molar-refractivity contribution < 1.29 is 13.6 Å². The normalized spacial score (nSPS) is 10.3. The van der Waals surface area contributed by atoms with Gasteiger partial charge in [0, 0.05) is 0 Å². The zero-order valence-corrected chi connectivity index (χ0v) is 10.5. The average Bonchev–Trinajstić information content (AvgIpc) is 2.36. The van der Waals surface area contributed by atoms with Gasteiger partial charge < -0.3 is 5.32 Å². The Balaban J connectivity index is 2.08. The number of amides is 1. The van der Waals surface area contributed by atoms with Crippen molar-refractivity contribution in [2.24, 2.45) is 0 Å². The number of rotatable bonds is 3. The van der Waals surface area contributed by atoms with E-state index in [0.717, 1.165) is 6.07 Å². The first kappa shape index (κ1) is 13.5. The van der Waals surface area contributed by atoms with E-state index < -0.39 is 17.5 Å². The van der Waals surface area contributed by atoms with E-state index in [1.165, 1.54) is 24.3 Å². The molecule has 0 unspecified atom stereocenters. The van der Waals surface area contributed by atoms with Crippen LogP contribution < -0.4 is 5.32 Å². The average molecular weight is 282 g/mol. The molecule has 0 bridgehead atoms. The van der Waals surface area contributed by atoms with Gasteiger partial charge in [-0.15, -0.1) is 0 Å². The van der Waals surface area contributed by atoms with Crippen molar-refractivity contribution >= 4 is 23.2 Å². The largest absolute Gasteiger partial charge is 0.324 e. The Hall–Kier alpha value is -1.94. The van der Waals surface area contributed by atoms with Crippen molar-refractivity contribution in [3.8, 4) is 0 Å². The van der Waals surface area contributed by atoms with E-state index in [4.69, 9.17) is 11.6 Å². The Kier molecular flexibility index (Phi) is 4.12. The summed E-state index contributed by atoms with van der Waals surface area (Å²) >= 11 is 5.78.